The van der Waals surface area contributed by atoms with Crippen molar-refractivity contribution < 1.29 is 9.13 Å². The average Bonchev–Trinajstić information content (AvgIpc) is 3.39. The normalized spacial score (nSPS) is 17.9. The van der Waals surface area contributed by atoms with Gasteiger partial charge < -0.3 is 15.4 Å². The Morgan fingerprint density at radius 3 is 2.83 bits per heavy atom. The second kappa shape index (κ2) is 7.95. The van der Waals surface area contributed by atoms with Crippen molar-refractivity contribution in [2.45, 2.75) is 25.4 Å². The van der Waals surface area contributed by atoms with Crippen molar-refractivity contribution in [2.75, 3.05) is 25.5 Å². The van der Waals surface area contributed by atoms with E-state index in [2.05, 4.69) is 21.6 Å². The molecule has 5 heterocycles. The molecule has 36 heavy (non-hydrogen) atoms. The summed E-state index contributed by atoms with van der Waals surface area (Å²) in [6.07, 6.45) is 7.45. The molecule has 3 aromatic heterocycles. The zero-order valence-corrected chi connectivity index (χ0v) is 19.5. The molecule has 1 aromatic carbocycles. The summed E-state index contributed by atoms with van der Waals surface area (Å²) in [6.45, 7) is 6.59. The Bertz CT molecular complexity index is 1550. The Hall–Kier alpha value is -4.12. The van der Waals surface area contributed by atoms with Crippen LogP contribution in [0.25, 0.3) is 28.0 Å². The third-order valence-electron chi connectivity index (χ3n) is 7.02. The van der Waals surface area contributed by atoms with Crippen molar-refractivity contribution in [1.29, 1.82) is 0 Å². The SMILES string of the molecule is C=C1c2c(F)cccc2N=C(Cn2nc(-c3cnn(C4COC4)c3)c3c(N)ncnc32)N1CC1CC1. The fourth-order valence-electron chi connectivity index (χ4n) is 4.79. The second-order valence-corrected chi connectivity index (χ2v) is 9.53. The maximum absolute atomic E-state index is 14.7. The number of fused-ring (bicyclic) bond motifs is 2. The summed E-state index contributed by atoms with van der Waals surface area (Å²) >= 11 is 0. The zero-order chi connectivity index (χ0) is 24.4. The molecular formula is C25H24FN9O. The third kappa shape index (κ3) is 3.38. The van der Waals surface area contributed by atoms with Gasteiger partial charge in [0.15, 0.2) is 5.65 Å². The van der Waals surface area contributed by atoms with Crippen LogP contribution in [0, 0.1) is 11.7 Å². The van der Waals surface area contributed by atoms with E-state index in [0.29, 0.717) is 65.2 Å². The summed E-state index contributed by atoms with van der Waals surface area (Å²) in [5.41, 5.74) is 10.0. The first-order chi connectivity index (χ1) is 17.6. The molecule has 3 aliphatic rings. The minimum atomic E-state index is -0.317. The van der Waals surface area contributed by atoms with Gasteiger partial charge in [0.05, 0.1) is 42.1 Å². The highest BCUT2D eigenvalue weighted by Crippen LogP contribution is 2.39. The van der Waals surface area contributed by atoms with E-state index in [1.54, 1.807) is 16.9 Å². The number of nitrogens with zero attached hydrogens (tertiary/aromatic N) is 8. The number of nitrogen functional groups attached to an aromatic ring is 1. The quantitative estimate of drug-likeness (QED) is 0.445. The number of benzene rings is 1. The number of hydrogen-bond acceptors (Lipinski definition) is 8. The lowest BCUT2D eigenvalue weighted by Crippen LogP contribution is -2.36. The number of ether oxygens (including phenoxy) is 1. The molecule has 182 valence electrons. The molecular weight excluding hydrogens is 461 g/mol. The number of nitrogens with two attached hydrogens (primary N) is 1. The molecule has 0 amide bonds. The van der Waals surface area contributed by atoms with Crippen LogP contribution in [0.3, 0.4) is 0 Å². The van der Waals surface area contributed by atoms with Crippen LogP contribution in [0.4, 0.5) is 15.9 Å². The van der Waals surface area contributed by atoms with Crippen molar-refractivity contribution >= 4 is 34.1 Å². The molecule has 0 atom stereocenters. The van der Waals surface area contributed by atoms with Crippen molar-refractivity contribution in [3.8, 4) is 11.3 Å². The number of aromatic nitrogens is 6. The van der Waals surface area contributed by atoms with Gasteiger partial charge in [-0.3, -0.25) is 4.68 Å². The van der Waals surface area contributed by atoms with Crippen molar-refractivity contribution in [3.05, 3.63) is 54.9 Å². The van der Waals surface area contributed by atoms with Crippen LogP contribution >= 0.6 is 0 Å². The number of anilines is 1. The number of rotatable bonds is 6. The molecule has 0 radical (unpaired) electrons. The Balaban J connectivity index is 1.32. The Morgan fingerprint density at radius 1 is 1.19 bits per heavy atom. The summed E-state index contributed by atoms with van der Waals surface area (Å²) in [7, 11) is 0. The smallest absolute Gasteiger partial charge is 0.164 e. The van der Waals surface area contributed by atoms with Gasteiger partial charge in [-0.2, -0.15) is 10.2 Å². The van der Waals surface area contributed by atoms with Crippen LogP contribution in [-0.4, -0.2) is 60.0 Å². The van der Waals surface area contributed by atoms with Crippen LogP contribution in [0.5, 0.6) is 0 Å². The molecule has 7 rings (SSSR count). The van der Waals surface area contributed by atoms with E-state index in [-0.39, 0.29) is 11.9 Å². The van der Waals surface area contributed by atoms with Crippen LogP contribution in [0.15, 0.2) is 48.5 Å². The van der Waals surface area contributed by atoms with Crippen molar-refractivity contribution in [1.82, 2.24) is 34.4 Å². The zero-order valence-electron chi connectivity index (χ0n) is 19.5. The second-order valence-electron chi connectivity index (χ2n) is 9.53. The van der Waals surface area contributed by atoms with E-state index >= 15 is 0 Å². The summed E-state index contributed by atoms with van der Waals surface area (Å²) in [4.78, 5) is 15.6. The Kier molecular flexibility index (Phi) is 4.68. The monoisotopic (exact) mass is 485 g/mol. The van der Waals surface area contributed by atoms with Crippen LogP contribution < -0.4 is 5.73 Å². The molecule has 2 aliphatic heterocycles. The lowest BCUT2D eigenvalue weighted by molar-refractivity contribution is -0.0286. The summed E-state index contributed by atoms with van der Waals surface area (Å²) in [5, 5.41) is 10.1. The first-order valence-electron chi connectivity index (χ1n) is 12.0. The molecule has 2 fully saturated rings. The first-order valence-corrected chi connectivity index (χ1v) is 12.0. The highest BCUT2D eigenvalue weighted by Gasteiger charge is 2.33. The van der Waals surface area contributed by atoms with Gasteiger partial charge in [-0.05, 0) is 30.9 Å². The molecule has 0 bridgehead atoms. The molecule has 1 aliphatic carbocycles. The van der Waals surface area contributed by atoms with E-state index in [4.69, 9.17) is 20.6 Å². The fourth-order valence-corrected chi connectivity index (χ4v) is 4.79. The van der Waals surface area contributed by atoms with Gasteiger partial charge in [0.2, 0.25) is 0 Å². The van der Waals surface area contributed by atoms with Gasteiger partial charge in [0.25, 0.3) is 0 Å². The molecule has 0 unspecified atom stereocenters. The molecule has 11 heteroatoms. The molecule has 2 N–H and O–H groups in total. The topological polar surface area (TPSA) is 112 Å². The highest BCUT2D eigenvalue weighted by molar-refractivity contribution is 6.01. The fraction of sp³-hybridized carbons (Fsp3) is 0.320. The Morgan fingerprint density at radius 2 is 2.06 bits per heavy atom. The van der Waals surface area contributed by atoms with Gasteiger partial charge in [0, 0.05) is 24.0 Å². The van der Waals surface area contributed by atoms with Gasteiger partial charge >= 0.3 is 0 Å². The van der Waals surface area contributed by atoms with Gasteiger partial charge in [-0.25, -0.2) is 24.0 Å². The van der Waals surface area contributed by atoms with Crippen molar-refractivity contribution in [3.63, 3.8) is 0 Å². The molecule has 10 nitrogen and oxygen atoms in total. The highest BCUT2D eigenvalue weighted by atomic mass is 19.1. The largest absolute Gasteiger partial charge is 0.383 e. The number of aliphatic imine (C=N–C) groups is 1. The molecule has 0 spiro atoms. The first kappa shape index (κ1) is 21.2. The summed E-state index contributed by atoms with van der Waals surface area (Å²) in [6, 6.07) is 5.14. The van der Waals surface area contributed by atoms with Gasteiger partial charge in [-0.1, -0.05) is 12.6 Å². The number of halogens is 1. The maximum atomic E-state index is 14.7. The van der Waals surface area contributed by atoms with Gasteiger partial charge in [0.1, 0.15) is 36.0 Å². The lowest BCUT2D eigenvalue weighted by Gasteiger charge is -2.32. The van der Waals surface area contributed by atoms with Crippen LogP contribution in [-0.2, 0) is 11.3 Å². The van der Waals surface area contributed by atoms with E-state index in [1.165, 1.54) is 12.4 Å². The standard InChI is InChI=1S/C25H24FN9O/c1-14-21-18(26)3-2-4-19(21)31-20(33(14)8-15-5-6-15)10-35-25-22(24(27)28-13-29-25)23(32-35)16-7-30-34(9-16)17-11-36-12-17/h2-4,7,9,13,15,17H,1,5-6,8,10-12H2,(H2,27,28,29). The Labute approximate surface area is 205 Å². The summed E-state index contributed by atoms with van der Waals surface area (Å²) < 4.78 is 23.7. The predicted octanol–water partition coefficient (Wildman–Crippen LogP) is 3.41. The van der Waals surface area contributed by atoms with Crippen LogP contribution in [0.1, 0.15) is 24.4 Å². The molecule has 1 saturated carbocycles. The van der Waals surface area contributed by atoms with E-state index in [9.17, 15) is 4.39 Å². The minimum absolute atomic E-state index is 0.222. The number of hydrogen-bond donors (Lipinski definition) is 1. The maximum Gasteiger partial charge on any atom is 0.164 e. The average molecular weight is 486 g/mol. The molecule has 4 aromatic rings. The van der Waals surface area contributed by atoms with Crippen molar-refractivity contribution in [2.24, 2.45) is 10.9 Å². The number of amidine groups is 1. The minimum Gasteiger partial charge on any atom is -0.383 e. The molecule has 1 saturated heterocycles. The van der Waals surface area contributed by atoms with Crippen LogP contribution in [0.2, 0.25) is 0 Å². The van der Waals surface area contributed by atoms with Gasteiger partial charge in [-0.15, -0.1) is 0 Å². The summed E-state index contributed by atoms with van der Waals surface area (Å²) in [5.74, 6) is 1.31. The van der Waals surface area contributed by atoms with E-state index in [1.807, 2.05) is 21.8 Å². The van der Waals surface area contributed by atoms with E-state index in [0.717, 1.165) is 30.8 Å². The lowest BCUT2D eigenvalue weighted by atomic mass is 10.1. The third-order valence-corrected chi connectivity index (χ3v) is 7.02. The predicted molar refractivity (Wildman–Crippen MR) is 133 cm³/mol. The van der Waals surface area contributed by atoms with E-state index < -0.39 is 0 Å².